The summed E-state index contributed by atoms with van der Waals surface area (Å²) in [6.45, 7) is 3.14. The van der Waals surface area contributed by atoms with E-state index in [2.05, 4.69) is 5.32 Å². The van der Waals surface area contributed by atoms with Crippen LogP contribution in [0.2, 0.25) is 0 Å². The van der Waals surface area contributed by atoms with Crippen molar-refractivity contribution in [2.45, 2.75) is 38.3 Å². The lowest BCUT2D eigenvalue weighted by Gasteiger charge is -2.20. The number of fused-ring (bicyclic) bond motifs is 1. The SMILES string of the molecule is C[C@@H](NC(=O)c1ccc2c(c1)CCN2S(C)(=O)=O)[C@H]1CCCO1. The normalized spacial score (nSPS) is 22.0. The number of ether oxygens (including phenoxy) is 1. The van der Waals surface area contributed by atoms with Crippen molar-refractivity contribution in [3.63, 3.8) is 0 Å². The van der Waals surface area contributed by atoms with Crippen LogP contribution in [-0.2, 0) is 21.2 Å². The van der Waals surface area contributed by atoms with E-state index in [9.17, 15) is 13.2 Å². The summed E-state index contributed by atoms with van der Waals surface area (Å²) in [7, 11) is -3.26. The molecule has 0 radical (unpaired) electrons. The molecule has 1 aromatic rings. The molecule has 1 saturated heterocycles. The molecule has 2 heterocycles. The lowest BCUT2D eigenvalue weighted by Crippen LogP contribution is -2.40. The third-order valence-corrected chi connectivity index (χ3v) is 5.66. The average Bonchev–Trinajstić information content (AvgIpc) is 3.15. The predicted octanol–water partition coefficient (Wildman–Crippen LogP) is 1.31. The molecule has 0 aliphatic carbocycles. The Labute approximate surface area is 136 Å². The van der Waals surface area contributed by atoms with Gasteiger partial charge in [0.2, 0.25) is 10.0 Å². The quantitative estimate of drug-likeness (QED) is 0.898. The minimum absolute atomic E-state index is 0.0363. The van der Waals surface area contributed by atoms with Crippen LogP contribution in [-0.4, -0.2) is 45.9 Å². The molecule has 3 rings (SSSR count). The second-order valence-electron chi connectivity index (χ2n) is 6.24. The molecule has 2 atom stereocenters. The van der Waals surface area contributed by atoms with Crippen LogP contribution in [0.15, 0.2) is 18.2 Å². The van der Waals surface area contributed by atoms with Gasteiger partial charge in [0.25, 0.3) is 5.91 Å². The first-order valence-electron chi connectivity index (χ1n) is 7.89. The molecule has 0 spiro atoms. The predicted molar refractivity (Wildman–Crippen MR) is 88.2 cm³/mol. The molecule has 0 bridgehead atoms. The molecule has 6 nitrogen and oxygen atoms in total. The van der Waals surface area contributed by atoms with Crippen molar-refractivity contribution in [1.82, 2.24) is 5.32 Å². The highest BCUT2D eigenvalue weighted by Crippen LogP contribution is 2.30. The minimum atomic E-state index is -3.26. The summed E-state index contributed by atoms with van der Waals surface area (Å²) in [6, 6.07) is 5.15. The van der Waals surface area contributed by atoms with Gasteiger partial charge in [-0.15, -0.1) is 0 Å². The number of rotatable bonds is 4. The van der Waals surface area contributed by atoms with E-state index >= 15 is 0 Å². The van der Waals surface area contributed by atoms with Crippen LogP contribution in [0.4, 0.5) is 5.69 Å². The Balaban J connectivity index is 1.73. The zero-order chi connectivity index (χ0) is 16.6. The number of hydrogen-bond donors (Lipinski definition) is 1. The summed E-state index contributed by atoms with van der Waals surface area (Å²) in [4.78, 5) is 12.4. The zero-order valence-electron chi connectivity index (χ0n) is 13.4. The number of nitrogens with zero attached hydrogens (tertiary/aromatic N) is 1. The molecular formula is C16H22N2O4S. The number of amides is 1. The van der Waals surface area contributed by atoms with Gasteiger partial charge in [-0.05, 0) is 49.9 Å². The summed E-state index contributed by atoms with van der Waals surface area (Å²) in [5.41, 5.74) is 2.13. The number of anilines is 1. The Morgan fingerprint density at radius 1 is 1.43 bits per heavy atom. The number of benzene rings is 1. The van der Waals surface area contributed by atoms with Gasteiger partial charge in [-0.25, -0.2) is 8.42 Å². The van der Waals surface area contributed by atoms with Gasteiger partial charge >= 0.3 is 0 Å². The van der Waals surface area contributed by atoms with Crippen LogP contribution in [0, 0.1) is 0 Å². The summed E-state index contributed by atoms with van der Waals surface area (Å²) >= 11 is 0. The molecule has 1 aromatic carbocycles. The van der Waals surface area contributed by atoms with E-state index in [0.717, 1.165) is 25.0 Å². The maximum absolute atomic E-state index is 12.4. The molecule has 0 aromatic heterocycles. The van der Waals surface area contributed by atoms with Gasteiger partial charge in [-0.3, -0.25) is 9.10 Å². The first kappa shape index (κ1) is 16.3. The first-order valence-corrected chi connectivity index (χ1v) is 9.74. The number of hydrogen-bond acceptors (Lipinski definition) is 4. The van der Waals surface area contributed by atoms with Gasteiger partial charge in [0.15, 0.2) is 0 Å². The monoisotopic (exact) mass is 338 g/mol. The van der Waals surface area contributed by atoms with Crippen LogP contribution in [0.5, 0.6) is 0 Å². The fourth-order valence-electron chi connectivity index (χ4n) is 3.24. The summed E-state index contributed by atoms with van der Waals surface area (Å²) in [5.74, 6) is -0.145. The Hall–Kier alpha value is -1.60. The van der Waals surface area contributed by atoms with E-state index in [-0.39, 0.29) is 18.1 Å². The molecule has 7 heteroatoms. The molecule has 126 valence electrons. The Kier molecular flexibility index (Phi) is 4.33. The van der Waals surface area contributed by atoms with Gasteiger partial charge in [0, 0.05) is 18.7 Å². The van der Waals surface area contributed by atoms with E-state index in [1.807, 2.05) is 6.92 Å². The Morgan fingerprint density at radius 3 is 2.87 bits per heavy atom. The van der Waals surface area contributed by atoms with E-state index in [0.29, 0.717) is 24.2 Å². The van der Waals surface area contributed by atoms with Gasteiger partial charge < -0.3 is 10.1 Å². The third kappa shape index (κ3) is 3.35. The van der Waals surface area contributed by atoms with Crippen molar-refractivity contribution in [3.8, 4) is 0 Å². The fraction of sp³-hybridized carbons (Fsp3) is 0.562. The Bertz CT molecular complexity index is 711. The summed E-state index contributed by atoms with van der Waals surface area (Å²) < 4.78 is 30.5. The van der Waals surface area contributed by atoms with Crippen molar-refractivity contribution >= 4 is 21.6 Å². The minimum Gasteiger partial charge on any atom is -0.376 e. The third-order valence-electron chi connectivity index (χ3n) is 4.48. The molecule has 0 unspecified atom stereocenters. The van der Waals surface area contributed by atoms with Crippen molar-refractivity contribution in [2.75, 3.05) is 23.7 Å². The number of nitrogens with one attached hydrogen (secondary N) is 1. The molecule has 1 fully saturated rings. The van der Waals surface area contributed by atoms with Crippen molar-refractivity contribution in [3.05, 3.63) is 29.3 Å². The van der Waals surface area contributed by atoms with Crippen LogP contribution < -0.4 is 9.62 Å². The molecule has 2 aliphatic rings. The molecular weight excluding hydrogens is 316 g/mol. The van der Waals surface area contributed by atoms with Crippen LogP contribution in [0.25, 0.3) is 0 Å². The van der Waals surface area contributed by atoms with Gasteiger partial charge in [0.05, 0.1) is 24.1 Å². The van der Waals surface area contributed by atoms with Crippen LogP contribution in [0.1, 0.15) is 35.7 Å². The first-order chi connectivity index (χ1) is 10.9. The molecule has 23 heavy (non-hydrogen) atoms. The summed E-state index contributed by atoms with van der Waals surface area (Å²) in [5, 5.41) is 2.97. The number of sulfonamides is 1. The van der Waals surface area contributed by atoms with E-state index in [4.69, 9.17) is 4.74 Å². The summed E-state index contributed by atoms with van der Waals surface area (Å²) in [6.07, 6.45) is 3.91. The van der Waals surface area contributed by atoms with Gasteiger partial charge in [-0.2, -0.15) is 0 Å². The topological polar surface area (TPSA) is 75.7 Å². The fourth-order valence-corrected chi connectivity index (χ4v) is 4.20. The smallest absolute Gasteiger partial charge is 0.251 e. The highest BCUT2D eigenvalue weighted by molar-refractivity contribution is 7.92. The number of carbonyl (C=O) groups is 1. The molecule has 1 amide bonds. The van der Waals surface area contributed by atoms with E-state index in [1.54, 1.807) is 18.2 Å². The lowest BCUT2D eigenvalue weighted by atomic mass is 10.1. The van der Waals surface area contributed by atoms with Crippen molar-refractivity contribution in [2.24, 2.45) is 0 Å². The van der Waals surface area contributed by atoms with Gasteiger partial charge in [-0.1, -0.05) is 0 Å². The van der Waals surface area contributed by atoms with Crippen molar-refractivity contribution < 1.29 is 17.9 Å². The molecule has 2 aliphatic heterocycles. The van der Waals surface area contributed by atoms with Gasteiger partial charge in [0.1, 0.15) is 0 Å². The average molecular weight is 338 g/mol. The van der Waals surface area contributed by atoms with Crippen molar-refractivity contribution in [1.29, 1.82) is 0 Å². The second-order valence-corrected chi connectivity index (χ2v) is 8.15. The highest BCUT2D eigenvalue weighted by atomic mass is 32.2. The maximum Gasteiger partial charge on any atom is 0.251 e. The zero-order valence-corrected chi connectivity index (χ0v) is 14.2. The molecule has 1 N–H and O–H groups in total. The Morgan fingerprint density at radius 2 is 2.22 bits per heavy atom. The number of carbonyl (C=O) groups excluding carboxylic acids is 1. The van der Waals surface area contributed by atoms with E-state index in [1.165, 1.54) is 10.6 Å². The lowest BCUT2D eigenvalue weighted by molar-refractivity contribution is 0.0712. The largest absolute Gasteiger partial charge is 0.376 e. The highest BCUT2D eigenvalue weighted by Gasteiger charge is 2.28. The molecule has 0 saturated carbocycles. The maximum atomic E-state index is 12.4. The van der Waals surface area contributed by atoms with Crippen LogP contribution >= 0.6 is 0 Å². The van der Waals surface area contributed by atoms with E-state index < -0.39 is 10.0 Å². The second kappa shape index (κ2) is 6.13. The van der Waals surface area contributed by atoms with Crippen LogP contribution in [0.3, 0.4) is 0 Å². The standard InChI is InChI=1S/C16H22N2O4S/c1-11(15-4-3-9-22-15)17-16(19)13-5-6-14-12(10-13)7-8-18(14)23(2,20)21/h5-6,10-11,15H,3-4,7-9H2,1-2H3,(H,17,19)/t11-,15-/m1/s1.